The molecule has 0 amide bonds. The maximum atomic E-state index is 12.9. The molecule has 0 aliphatic carbocycles. The molecule has 23 heavy (non-hydrogen) atoms. The standard InChI is InChI=1S/C17H19FN4O/c1-12-7-21-22(10-12)11-13(2)19-9-17-20-8-16(23-17)14-3-5-15(18)6-4-14/h3-8,10,13,19H,9,11H2,1-2H3. The molecule has 1 aromatic carbocycles. The maximum Gasteiger partial charge on any atom is 0.208 e. The number of rotatable bonds is 6. The Morgan fingerprint density at radius 1 is 1.26 bits per heavy atom. The molecule has 0 radical (unpaired) electrons. The third kappa shape index (κ3) is 4.04. The fourth-order valence-electron chi connectivity index (χ4n) is 2.31. The molecule has 0 aliphatic heterocycles. The first-order chi connectivity index (χ1) is 11.1. The van der Waals surface area contributed by atoms with E-state index in [1.54, 1.807) is 18.3 Å². The Hall–Kier alpha value is -2.47. The van der Waals surface area contributed by atoms with Crippen LogP contribution in [0.2, 0.25) is 0 Å². The Morgan fingerprint density at radius 3 is 2.74 bits per heavy atom. The van der Waals surface area contributed by atoms with Crippen molar-refractivity contribution in [3.05, 3.63) is 60.1 Å². The number of aromatic nitrogens is 3. The van der Waals surface area contributed by atoms with Crippen LogP contribution in [-0.4, -0.2) is 20.8 Å². The lowest BCUT2D eigenvalue weighted by Gasteiger charge is -2.12. The second kappa shape index (κ2) is 6.75. The predicted octanol–water partition coefficient (Wildman–Crippen LogP) is 3.16. The van der Waals surface area contributed by atoms with E-state index >= 15 is 0 Å². The minimum absolute atomic E-state index is 0.232. The second-order valence-corrected chi connectivity index (χ2v) is 5.65. The van der Waals surface area contributed by atoms with Gasteiger partial charge in [-0.2, -0.15) is 5.10 Å². The summed E-state index contributed by atoms with van der Waals surface area (Å²) in [6.45, 7) is 5.41. The first-order valence-corrected chi connectivity index (χ1v) is 7.53. The first-order valence-electron chi connectivity index (χ1n) is 7.53. The molecule has 0 bridgehead atoms. The molecule has 5 nitrogen and oxygen atoms in total. The molecule has 2 aromatic heterocycles. The average Bonchev–Trinajstić information content (AvgIpc) is 3.15. The van der Waals surface area contributed by atoms with E-state index in [9.17, 15) is 4.39 Å². The van der Waals surface area contributed by atoms with E-state index in [2.05, 4.69) is 22.3 Å². The summed E-state index contributed by atoms with van der Waals surface area (Å²) < 4.78 is 20.5. The summed E-state index contributed by atoms with van der Waals surface area (Å²) in [5, 5.41) is 7.62. The predicted molar refractivity (Wildman–Crippen MR) is 85.2 cm³/mol. The summed E-state index contributed by atoms with van der Waals surface area (Å²) >= 11 is 0. The number of halogens is 1. The summed E-state index contributed by atoms with van der Waals surface area (Å²) in [7, 11) is 0. The SMILES string of the molecule is Cc1cnn(CC(C)NCc2ncc(-c3ccc(F)cc3)o2)c1. The van der Waals surface area contributed by atoms with Crippen LogP contribution < -0.4 is 5.32 Å². The molecular weight excluding hydrogens is 295 g/mol. The van der Waals surface area contributed by atoms with Gasteiger partial charge in [-0.15, -0.1) is 0 Å². The van der Waals surface area contributed by atoms with Gasteiger partial charge in [0.25, 0.3) is 0 Å². The number of hydrogen-bond donors (Lipinski definition) is 1. The highest BCUT2D eigenvalue weighted by atomic mass is 19.1. The van der Waals surface area contributed by atoms with Gasteiger partial charge in [-0.25, -0.2) is 9.37 Å². The van der Waals surface area contributed by atoms with Gasteiger partial charge in [0.1, 0.15) is 5.82 Å². The third-order valence-electron chi connectivity index (χ3n) is 3.51. The van der Waals surface area contributed by atoms with Crippen LogP contribution in [0.3, 0.4) is 0 Å². The Bertz CT molecular complexity index is 763. The van der Waals surface area contributed by atoms with Gasteiger partial charge in [-0.05, 0) is 43.7 Å². The van der Waals surface area contributed by atoms with Crippen LogP contribution in [0, 0.1) is 12.7 Å². The van der Waals surface area contributed by atoms with Gasteiger partial charge in [-0.1, -0.05) is 0 Å². The molecule has 1 unspecified atom stereocenters. The van der Waals surface area contributed by atoms with E-state index in [1.807, 2.05) is 24.0 Å². The summed E-state index contributed by atoms with van der Waals surface area (Å²) in [5.74, 6) is 0.975. The van der Waals surface area contributed by atoms with Crippen molar-refractivity contribution in [1.82, 2.24) is 20.1 Å². The molecule has 2 heterocycles. The van der Waals surface area contributed by atoms with E-state index in [0.29, 0.717) is 18.2 Å². The number of nitrogens with one attached hydrogen (secondary N) is 1. The fraction of sp³-hybridized carbons (Fsp3) is 0.294. The molecule has 3 aromatic rings. The van der Waals surface area contributed by atoms with Crippen molar-refractivity contribution in [3.8, 4) is 11.3 Å². The quantitative estimate of drug-likeness (QED) is 0.759. The van der Waals surface area contributed by atoms with E-state index in [4.69, 9.17) is 4.42 Å². The van der Waals surface area contributed by atoms with Crippen LogP contribution in [0.1, 0.15) is 18.4 Å². The second-order valence-electron chi connectivity index (χ2n) is 5.65. The molecule has 0 fully saturated rings. The number of aryl methyl sites for hydroxylation is 1. The molecule has 0 aliphatic rings. The summed E-state index contributed by atoms with van der Waals surface area (Å²) in [5.41, 5.74) is 1.96. The van der Waals surface area contributed by atoms with Crippen molar-refractivity contribution in [2.75, 3.05) is 0 Å². The largest absolute Gasteiger partial charge is 0.439 e. The Balaban J connectivity index is 1.55. The van der Waals surface area contributed by atoms with Crippen LogP contribution in [0.5, 0.6) is 0 Å². The Labute approximate surface area is 134 Å². The Morgan fingerprint density at radius 2 is 2.04 bits per heavy atom. The van der Waals surface area contributed by atoms with Crippen molar-refractivity contribution in [1.29, 1.82) is 0 Å². The molecule has 0 saturated carbocycles. The molecule has 6 heteroatoms. The van der Waals surface area contributed by atoms with Gasteiger partial charge in [0.05, 0.1) is 25.5 Å². The highest BCUT2D eigenvalue weighted by molar-refractivity contribution is 5.55. The van der Waals surface area contributed by atoms with Crippen molar-refractivity contribution < 1.29 is 8.81 Å². The number of hydrogen-bond acceptors (Lipinski definition) is 4. The summed E-state index contributed by atoms with van der Waals surface area (Å²) in [4.78, 5) is 4.25. The molecule has 0 saturated heterocycles. The van der Waals surface area contributed by atoms with Gasteiger partial charge in [0.2, 0.25) is 5.89 Å². The monoisotopic (exact) mass is 314 g/mol. The lowest BCUT2D eigenvalue weighted by molar-refractivity contribution is 0.410. The van der Waals surface area contributed by atoms with Gasteiger partial charge in [-0.3, -0.25) is 4.68 Å². The zero-order chi connectivity index (χ0) is 16.2. The van der Waals surface area contributed by atoms with Crippen LogP contribution in [-0.2, 0) is 13.1 Å². The molecular formula is C17H19FN4O. The molecule has 1 atom stereocenters. The van der Waals surface area contributed by atoms with Crippen molar-refractivity contribution >= 4 is 0 Å². The molecule has 120 valence electrons. The zero-order valence-corrected chi connectivity index (χ0v) is 13.2. The molecule has 3 rings (SSSR count). The van der Waals surface area contributed by atoms with Crippen molar-refractivity contribution in [2.24, 2.45) is 0 Å². The lowest BCUT2D eigenvalue weighted by Crippen LogP contribution is -2.30. The normalized spacial score (nSPS) is 12.5. The number of benzene rings is 1. The van der Waals surface area contributed by atoms with Gasteiger partial charge >= 0.3 is 0 Å². The van der Waals surface area contributed by atoms with Crippen LogP contribution >= 0.6 is 0 Å². The smallest absolute Gasteiger partial charge is 0.208 e. The van der Waals surface area contributed by atoms with Crippen LogP contribution in [0.4, 0.5) is 4.39 Å². The highest BCUT2D eigenvalue weighted by Crippen LogP contribution is 2.20. The minimum Gasteiger partial charge on any atom is -0.439 e. The summed E-state index contributed by atoms with van der Waals surface area (Å²) in [6, 6.07) is 6.40. The zero-order valence-electron chi connectivity index (χ0n) is 13.2. The average molecular weight is 314 g/mol. The lowest BCUT2D eigenvalue weighted by atomic mass is 10.2. The van der Waals surface area contributed by atoms with Gasteiger partial charge in [0, 0.05) is 17.8 Å². The van der Waals surface area contributed by atoms with Gasteiger partial charge in [0.15, 0.2) is 5.76 Å². The van der Waals surface area contributed by atoms with Crippen molar-refractivity contribution in [2.45, 2.75) is 33.0 Å². The highest BCUT2D eigenvalue weighted by Gasteiger charge is 2.09. The number of nitrogens with zero attached hydrogens (tertiary/aromatic N) is 3. The van der Waals surface area contributed by atoms with Gasteiger partial charge < -0.3 is 9.73 Å². The maximum absolute atomic E-state index is 12.9. The first kappa shape index (κ1) is 15.4. The van der Waals surface area contributed by atoms with E-state index in [0.717, 1.165) is 17.7 Å². The van der Waals surface area contributed by atoms with Crippen LogP contribution in [0.25, 0.3) is 11.3 Å². The number of oxazole rings is 1. The van der Waals surface area contributed by atoms with E-state index in [-0.39, 0.29) is 11.9 Å². The third-order valence-corrected chi connectivity index (χ3v) is 3.51. The van der Waals surface area contributed by atoms with Crippen molar-refractivity contribution in [3.63, 3.8) is 0 Å². The molecule has 1 N–H and O–H groups in total. The van der Waals surface area contributed by atoms with Crippen LogP contribution in [0.15, 0.2) is 47.3 Å². The molecule has 0 spiro atoms. The Kier molecular flexibility index (Phi) is 4.52. The summed E-state index contributed by atoms with van der Waals surface area (Å²) in [6.07, 6.45) is 5.51. The minimum atomic E-state index is -0.266. The topological polar surface area (TPSA) is 55.9 Å². The van der Waals surface area contributed by atoms with E-state index in [1.165, 1.54) is 12.1 Å². The van der Waals surface area contributed by atoms with E-state index < -0.39 is 0 Å². The fourth-order valence-corrected chi connectivity index (χ4v) is 2.31.